The summed E-state index contributed by atoms with van der Waals surface area (Å²) in [6.07, 6.45) is 2.54. The van der Waals surface area contributed by atoms with Gasteiger partial charge in [-0.05, 0) is 13.3 Å². The zero-order valence-corrected chi connectivity index (χ0v) is 6.26. The highest BCUT2D eigenvalue weighted by Crippen LogP contribution is 1.98. The lowest BCUT2D eigenvalue weighted by molar-refractivity contribution is 0.0344. The van der Waals surface area contributed by atoms with Crippen LogP contribution in [0.15, 0.2) is 0 Å². The maximum atomic E-state index is 8.36. The highest BCUT2D eigenvalue weighted by Gasteiger charge is 1.97. The van der Waals surface area contributed by atoms with Crippen LogP contribution in [0.1, 0.15) is 26.7 Å². The van der Waals surface area contributed by atoms with Crippen LogP contribution >= 0.6 is 0 Å². The van der Waals surface area contributed by atoms with Crippen molar-refractivity contribution in [2.45, 2.75) is 32.8 Å². The van der Waals surface area contributed by atoms with Gasteiger partial charge in [0.2, 0.25) is 0 Å². The van der Waals surface area contributed by atoms with E-state index < -0.39 is 0 Å². The molecule has 0 aliphatic heterocycles. The Hall–Kier alpha value is -0.0800. The van der Waals surface area contributed by atoms with Gasteiger partial charge in [0.25, 0.3) is 0 Å². The van der Waals surface area contributed by atoms with Crippen LogP contribution in [-0.4, -0.2) is 24.4 Å². The third kappa shape index (κ3) is 5.80. The summed E-state index contributed by atoms with van der Waals surface area (Å²) >= 11 is 0. The Morgan fingerprint density at radius 2 is 2.22 bits per heavy atom. The lowest BCUT2D eigenvalue weighted by atomic mass is 10.2. The average molecular weight is 132 g/mol. The van der Waals surface area contributed by atoms with Crippen LogP contribution in [0.3, 0.4) is 0 Å². The van der Waals surface area contributed by atoms with E-state index in [0.717, 1.165) is 12.8 Å². The quantitative estimate of drug-likeness (QED) is 0.608. The fraction of sp³-hybridized carbons (Fsp3) is 1.00. The van der Waals surface area contributed by atoms with Crippen LogP contribution in [-0.2, 0) is 4.74 Å². The fourth-order valence-corrected chi connectivity index (χ4v) is 0.744. The van der Waals surface area contributed by atoms with E-state index in [1.54, 1.807) is 0 Å². The van der Waals surface area contributed by atoms with E-state index in [1.165, 1.54) is 0 Å². The Balaban J connectivity index is 2.95. The van der Waals surface area contributed by atoms with E-state index in [2.05, 4.69) is 6.92 Å². The second kappa shape index (κ2) is 6.05. The molecule has 0 spiro atoms. The number of hydrogen-bond donors (Lipinski definition) is 1. The second-order valence-electron chi connectivity index (χ2n) is 2.19. The van der Waals surface area contributed by atoms with Crippen molar-refractivity contribution < 1.29 is 9.84 Å². The van der Waals surface area contributed by atoms with Crippen LogP contribution in [0.25, 0.3) is 0 Å². The first-order valence-corrected chi connectivity index (χ1v) is 3.53. The third-order valence-corrected chi connectivity index (χ3v) is 1.19. The zero-order valence-electron chi connectivity index (χ0n) is 6.26. The van der Waals surface area contributed by atoms with Gasteiger partial charge in [-0.25, -0.2) is 0 Å². The molecule has 0 unspecified atom stereocenters. The highest BCUT2D eigenvalue weighted by molar-refractivity contribution is 4.46. The molecule has 0 heterocycles. The highest BCUT2D eigenvalue weighted by atomic mass is 16.5. The molecular formula is C7H16O2. The SMILES string of the molecule is CCC[C@H](C)OCCO. The average Bonchev–Trinajstić information content (AvgIpc) is 1.85. The van der Waals surface area contributed by atoms with Crippen molar-refractivity contribution in [1.82, 2.24) is 0 Å². The molecular weight excluding hydrogens is 116 g/mol. The topological polar surface area (TPSA) is 29.5 Å². The summed E-state index contributed by atoms with van der Waals surface area (Å²) in [6.45, 7) is 4.76. The molecule has 0 aromatic heterocycles. The lowest BCUT2D eigenvalue weighted by Crippen LogP contribution is -2.10. The number of ether oxygens (including phenoxy) is 1. The number of aliphatic hydroxyl groups is 1. The fourth-order valence-electron chi connectivity index (χ4n) is 0.744. The van der Waals surface area contributed by atoms with Crippen molar-refractivity contribution in [3.8, 4) is 0 Å². The Labute approximate surface area is 56.8 Å². The van der Waals surface area contributed by atoms with E-state index in [0.29, 0.717) is 12.7 Å². The number of hydrogen-bond acceptors (Lipinski definition) is 2. The molecule has 0 rings (SSSR count). The Bertz CT molecular complexity index is 54.9. The van der Waals surface area contributed by atoms with Gasteiger partial charge in [0.05, 0.1) is 19.3 Å². The first-order chi connectivity index (χ1) is 4.31. The van der Waals surface area contributed by atoms with Gasteiger partial charge in [-0.15, -0.1) is 0 Å². The van der Waals surface area contributed by atoms with Gasteiger partial charge in [-0.1, -0.05) is 13.3 Å². The molecule has 9 heavy (non-hydrogen) atoms. The van der Waals surface area contributed by atoms with E-state index in [1.807, 2.05) is 6.92 Å². The zero-order chi connectivity index (χ0) is 7.11. The normalized spacial score (nSPS) is 13.7. The molecule has 1 atom stereocenters. The molecule has 0 aliphatic rings. The molecule has 0 bridgehead atoms. The molecule has 2 heteroatoms. The monoisotopic (exact) mass is 132 g/mol. The smallest absolute Gasteiger partial charge is 0.0701 e. The summed E-state index contributed by atoms with van der Waals surface area (Å²) in [4.78, 5) is 0. The van der Waals surface area contributed by atoms with E-state index in [9.17, 15) is 0 Å². The minimum absolute atomic E-state index is 0.133. The Kier molecular flexibility index (Phi) is 5.99. The molecule has 0 aliphatic carbocycles. The van der Waals surface area contributed by atoms with E-state index in [-0.39, 0.29) is 6.61 Å². The summed E-state index contributed by atoms with van der Waals surface area (Å²) in [5.41, 5.74) is 0. The van der Waals surface area contributed by atoms with Gasteiger partial charge >= 0.3 is 0 Å². The third-order valence-electron chi connectivity index (χ3n) is 1.19. The largest absolute Gasteiger partial charge is 0.394 e. The molecule has 0 radical (unpaired) electrons. The molecule has 0 aromatic carbocycles. The predicted octanol–water partition coefficient (Wildman–Crippen LogP) is 1.18. The summed E-state index contributed by atoms with van der Waals surface area (Å²) in [7, 11) is 0. The van der Waals surface area contributed by atoms with Crippen molar-refractivity contribution in [1.29, 1.82) is 0 Å². The molecule has 0 aromatic rings. The predicted molar refractivity (Wildman–Crippen MR) is 37.4 cm³/mol. The summed E-state index contributed by atoms with van der Waals surface area (Å²) in [5, 5.41) is 8.36. The van der Waals surface area contributed by atoms with Gasteiger partial charge in [-0.2, -0.15) is 0 Å². The van der Waals surface area contributed by atoms with Crippen molar-refractivity contribution in [2.75, 3.05) is 13.2 Å². The Morgan fingerprint density at radius 1 is 1.56 bits per heavy atom. The first-order valence-electron chi connectivity index (χ1n) is 3.53. The van der Waals surface area contributed by atoms with E-state index in [4.69, 9.17) is 9.84 Å². The van der Waals surface area contributed by atoms with Gasteiger partial charge in [0, 0.05) is 0 Å². The lowest BCUT2D eigenvalue weighted by Gasteiger charge is -2.09. The van der Waals surface area contributed by atoms with Crippen molar-refractivity contribution in [3.63, 3.8) is 0 Å². The molecule has 56 valence electrons. The second-order valence-corrected chi connectivity index (χ2v) is 2.19. The molecule has 0 amide bonds. The van der Waals surface area contributed by atoms with E-state index >= 15 is 0 Å². The molecule has 2 nitrogen and oxygen atoms in total. The molecule has 0 saturated heterocycles. The van der Waals surface area contributed by atoms with Crippen LogP contribution in [0.5, 0.6) is 0 Å². The molecule has 1 N–H and O–H groups in total. The van der Waals surface area contributed by atoms with Crippen molar-refractivity contribution in [2.24, 2.45) is 0 Å². The summed E-state index contributed by atoms with van der Waals surface area (Å²) in [6, 6.07) is 0. The number of aliphatic hydroxyl groups excluding tert-OH is 1. The standard InChI is InChI=1S/C7H16O2/c1-3-4-7(2)9-6-5-8/h7-8H,3-6H2,1-2H3/t7-/m0/s1. The minimum atomic E-state index is 0.133. The van der Waals surface area contributed by atoms with Crippen LogP contribution in [0, 0.1) is 0 Å². The van der Waals surface area contributed by atoms with Crippen LogP contribution in [0.4, 0.5) is 0 Å². The summed E-state index contributed by atoms with van der Waals surface area (Å²) < 4.78 is 5.18. The maximum absolute atomic E-state index is 8.36. The minimum Gasteiger partial charge on any atom is -0.394 e. The van der Waals surface area contributed by atoms with Gasteiger partial charge in [0.15, 0.2) is 0 Å². The van der Waals surface area contributed by atoms with Crippen LogP contribution in [0.2, 0.25) is 0 Å². The summed E-state index contributed by atoms with van der Waals surface area (Å²) in [5.74, 6) is 0. The molecule has 0 fully saturated rings. The molecule has 0 saturated carbocycles. The van der Waals surface area contributed by atoms with Gasteiger partial charge in [-0.3, -0.25) is 0 Å². The Morgan fingerprint density at radius 3 is 2.67 bits per heavy atom. The van der Waals surface area contributed by atoms with Crippen molar-refractivity contribution >= 4 is 0 Å². The first kappa shape index (κ1) is 8.92. The van der Waals surface area contributed by atoms with Crippen LogP contribution < -0.4 is 0 Å². The van der Waals surface area contributed by atoms with Gasteiger partial charge in [0.1, 0.15) is 0 Å². The van der Waals surface area contributed by atoms with Crippen molar-refractivity contribution in [3.05, 3.63) is 0 Å². The van der Waals surface area contributed by atoms with Gasteiger partial charge < -0.3 is 9.84 Å². The number of rotatable bonds is 5. The maximum Gasteiger partial charge on any atom is 0.0701 e.